The zero-order valence-corrected chi connectivity index (χ0v) is 17.6. The van der Waals surface area contributed by atoms with Crippen LogP contribution in [0.4, 0.5) is 0 Å². The molecule has 0 N–H and O–H groups in total. The van der Waals surface area contributed by atoms with Crippen LogP contribution in [0.15, 0.2) is 47.5 Å². The molecule has 3 rings (SSSR count). The van der Waals surface area contributed by atoms with Gasteiger partial charge in [0.2, 0.25) is 0 Å². The number of ether oxygens (including phenoxy) is 2. The van der Waals surface area contributed by atoms with Crippen molar-refractivity contribution >= 4 is 33.4 Å². The Morgan fingerprint density at radius 1 is 1.03 bits per heavy atom. The normalized spacial score (nSPS) is 11.6. The molecule has 0 atom stereocenters. The van der Waals surface area contributed by atoms with E-state index >= 15 is 0 Å². The Morgan fingerprint density at radius 2 is 1.79 bits per heavy atom. The molecule has 0 aliphatic rings. The minimum Gasteiger partial charge on any atom is -0.494 e. The minimum atomic E-state index is -0.351. The monoisotopic (exact) mass is 412 g/mol. The first kappa shape index (κ1) is 20.8. The van der Waals surface area contributed by atoms with Gasteiger partial charge in [0.1, 0.15) is 5.75 Å². The number of fused-ring (bicyclic) bond motifs is 1. The summed E-state index contributed by atoms with van der Waals surface area (Å²) < 4.78 is 13.4. The van der Waals surface area contributed by atoms with Crippen LogP contribution >= 0.6 is 11.3 Å². The highest BCUT2D eigenvalue weighted by Crippen LogP contribution is 2.20. The summed E-state index contributed by atoms with van der Waals surface area (Å²) >= 11 is 1.39. The summed E-state index contributed by atoms with van der Waals surface area (Å²) in [5, 5.41) is 0. The highest BCUT2D eigenvalue weighted by molar-refractivity contribution is 7.16. The number of hydrogen-bond donors (Lipinski definition) is 0. The van der Waals surface area contributed by atoms with E-state index in [0.717, 1.165) is 21.5 Å². The Morgan fingerprint density at radius 3 is 2.45 bits per heavy atom. The van der Waals surface area contributed by atoms with E-state index in [1.807, 2.05) is 48.7 Å². The van der Waals surface area contributed by atoms with Crippen LogP contribution in [0.25, 0.3) is 10.2 Å². The number of aromatic nitrogens is 1. The van der Waals surface area contributed by atoms with Gasteiger partial charge < -0.3 is 14.0 Å². The zero-order chi connectivity index (χ0) is 20.8. The van der Waals surface area contributed by atoms with Crippen LogP contribution in [0.3, 0.4) is 0 Å². The summed E-state index contributed by atoms with van der Waals surface area (Å²) in [7, 11) is 0. The highest BCUT2D eigenvalue weighted by atomic mass is 32.1. The molecule has 0 saturated heterocycles. The first-order chi connectivity index (χ1) is 14.0. The van der Waals surface area contributed by atoms with E-state index in [1.165, 1.54) is 11.3 Å². The van der Waals surface area contributed by atoms with Gasteiger partial charge in [-0.3, -0.25) is 4.79 Å². The molecule has 6 nitrogen and oxygen atoms in total. The molecule has 7 heteroatoms. The molecule has 1 heterocycles. The standard InChI is InChI=1S/C22H24N2O4S/c1-4-24-18-12-9-16(21(26)28-6-3)14-19(18)29-22(24)23-20(25)13-15-7-10-17(11-8-15)27-5-2/h7-12,14H,4-6,13H2,1-3H3. The number of benzene rings is 2. The van der Waals surface area contributed by atoms with E-state index in [-0.39, 0.29) is 18.3 Å². The Labute approximate surface area is 173 Å². The molecule has 0 aliphatic carbocycles. The van der Waals surface area contributed by atoms with E-state index in [1.54, 1.807) is 19.1 Å². The third kappa shape index (κ3) is 4.92. The second kappa shape index (κ2) is 9.52. The third-order valence-electron chi connectivity index (χ3n) is 4.32. The van der Waals surface area contributed by atoms with E-state index in [9.17, 15) is 9.59 Å². The summed E-state index contributed by atoms with van der Waals surface area (Å²) in [6.45, 7) is 7.32. The molecule has 0 unspecified atom stereocenters. The fourth-order valence-electron chi connectivity index (χ4n) is 3.00. The van der Waals surface area contributed by atoms with Gasteiger partial charge in [0.25, 0.3) is 5.91 Å². The maximum Gasteiger partial charge on any atom is 0.338 e. The fraction of sp³-hybridized carbons (Fsp3) is 0.318. The molecular weight excluding hydrogens is 388 g/mol. The van der Waals surface area contributed by atoms with Crippen LogP contribution in [0.2, 0.25) is 0 Å². The number of carbonyl (C=O) groups is 2. The number of carbonyl (C=O) groups excluding carboxylic acids is 2. The van der Waals surface area contributed by atoms with Gasteiger partial charge in [0, 0.05) is 6.54 Å². The molecule has 0 aliphatic heterocycles. The van der Waals surface area contributed by atoms with Gasteiger partial charge in [-0.05, 0) is 56.7 Å². The number of nitrogens with zero attached hydrogens (tertiary/aromatic N) is 2. The summed E-state index contributed by atoms with van der Waals surface area (Å²) in [5.74, 6) is 0.218. The van der Waals surface area contributed by atoms with Gasteiger partial charge in [0.15, 0.2) is 4.80 Å². The molecule has 29 heavy (non-hydrogen) atoms. The summed E-state index contributed by atoms with van der Waals surface area (Å²) in [4.78, 5) is 29.5. The van der Waals surface area contributed by atoms with Crippen LogP contribution in [-0.4, -0.2) is 29.7 Å². The van der Waals surface area contributed by atoms with Gasteiger partial charge in [0.05, 0.1) is 35.4 Å². The van der Waals surface area contributed by atoms with Gasteiger partial charge in [-0.2, -0.15) is 4.99 Å². The van der Waals surface area contributed by atoms with Crippen LogP contribution < -0.4 is 9.54 Å². The predicted octanol–water partition coefficient (Wildman–Crippen LogP) is 3.97. The molecule has 0 radical (unpaired) electrons. The Balaban J connectivity index is 1.87. The largest absolute Gasteiger partial charge is 0.494 e. The van der Waals surface area contributed by atoms with Crippen LogP contribution in [0.5, 0.6) is 5.75 Å². The molecule has 0 spiro atoms. The lowest BCUT2D eigenvalue weighted by molar-refractivity contribution is -0.117. The summed E-state index contributed by atoms with van der Waals surface area (Å²) in [6.07, 6.45) is 0.221. The molecule has 0 saturated carbocycles. The molecule has 1 aromatic heterocycles. The molecule has 152 valence electrons. The van der Waals surface area contributed by atoms with Crippen molar-refractivity contribution in [2.75, 3.05) is 13.2 Å². The van der Waals surface area contributed by atoms with Crippen molar-refractivity contribution in [2.24, 2.45) is 4.99 Å². The summed E-state index contributed by atoms with van der Waals surface area (Å²) in [6, 6.07) is 12.9. The highest BCUT2D eigenvalue weighted by Gasteiger charge is 2.12. The van der Waals surface area contributed by atoms with Gasteiger partial charge in [-0.1, -0.05) is 23.5 Å². The first-order valence-corrected chi connectivity index (χ1v) is 10.5. The maximum atomic E-state index is 12.5. The lowest BCUT2D eigenvalue weighted by Gasteiger charge is -2.04. The quantitative estimate of drug-likeness (QED) is 0.551. The van der Waals surface area contributed by atoms with Crippen molar-refractivity contribution in [2.45, 2.75) is 33.7 Å². The molecule has 0 bridgehead atoms. The average molecular weight is 413 g/mol. The second-order valence-corrected chi connectivity index (χ2v) is 7.30. The predicted molar refractivity (Wildman–Crippen MR) is 113 cm³/mol. The van der Waals surface area contributed by atoms with Crippen molar-refractivity contribution in [1.29, 1.82) is 0 Å². The Bertz CT molecular complexity index is 1080. The van der Waals surface area contributed by atoms with Crippen molar-refractivity contribution in [3.63, 3.8) is 0 Å². The van der Waals surface area contributed by atoms with Gasteiger partial charge in [-0.15, -0.1) is 0 Å². The topological polar surface area (TPSA) is 69.9 Å². The van der Waals surface area contributed by atoms with Crippen LogP contribution in [0, 0.1) is 0 Å². The fourth-order valence-corrected chi connectivity index (χ4v) is 4.15. The number of hydrogen-bond acceptors (Lipinski definition) is 5. The number of amides is 1. The average Bonchev–Trinajstić information content (AvgIpc) is 3.05. The van der Waals surface area contributed by atoms with Crippen molar-refractivity contribution < 1.29 is 19.1 Å². The first-order valence-electron chi connectivity index (χ1n) is 9.65. The van der Waals surface area contributed by atoms with Crippen LogP contribution in [-0.2, 0) is 22.5 Å². The second-order valence-electron chi connectivity index (χ2n) is 6.29. The Kier molecular flexibility index (Phi) is 6.82. The third-order valence-corrected chi connectivity index (χ3v) is 5.36. The SMILES string of the molecule is CCOC(=O)c1ccc2c(c1)sc(=NC(=O)Cc1ccc(OCC)cc1)n2CC. The minimum absolute atomic E-state index is 0.214. The van der Waals surface area contributed by atoms with E-state index < -0.39 is 0 Å². The number of esters is 1. The molecule has 1 amide bonds. The van der Waals surface area contributed by atoms with Gasteiger partial charge >= 0.3 is 5.97 Å². The lowest BCUT2D eigenvalue weighted by Crippen LogP contribution is -2.16. The van der Waals surface area contributed by atoms with Crippen molar-refractivity contribution in [3.05, 3.63) is 58.4 Å². The number of aryl methyl sites for hydroxylation is 1. The molecular formula is C22H24N2O4S. The van der Waals surface area contributed by atoms with Crippen molar-refractivity contribution in [1.82, 2.24) is 4.57 Å². The molecule has 0 fully saturated rings. The van der Waals surface area contributed by atoms with Gasteiger partial charge in [-0.25, -0.2) is 4.79 Å². The zero-order valence-electron chi connectivity index (χ0n) is 16.8. The van der Waals surface area contributed by atoms with Crippen LogP contribution in [0.1, 0.15) is 36.7 Å². The molecule has 3 aromatic rings. The lowest BCUT2D eigenvalue weighted by atomic mass is 10.1. The smallest absolute Gasteiger partial charge is 0.338 e. The number of rotatable bonds is 7. The Hall–Kier alpha value is -2.93. The number of thiazole rings is 1. The van der Waals surface area contributed by atoms with E-state index in [4.69, 9.17) is 9.47 Å². The van der Waals surface area contributed by atoms with Crippen molar-refractivity contribution in [3.8, 4) is 5.75 Å². The summed E-state index contributed by atoms with van der Waals surface area (Å²) in [5.41, 5.74) is 2.32. The maximum absolute atomic E-state index is 12.5. The van der Waals surface area contributed by atoms with E-state index in [2.05, 4.69) is 4.99 Å². The van der Waals surface area contributed by atoms with E-state index in [0.29, 0.717) is 30.1 Å². The molecule has 2 aromatic carbocycles.